The summed E-state index contributed by atoms with van der Waals surface area (Å²) in [5.41, 5.74) is 0.660. The number of amides is 1. The monoisotopic (exact) mass is 290 g/mol. The number of hydrogen-bond donors (Lipinski definition) is 1. The van der Waals surface area contributed by atoms with Crippen molar-refractivity contribution < 1.29 is 13.9 Å². The molecule has 1 aliphatic rings. The van der Waals surface area contributed by atoms with Gasteiger partial charge in [-0.05, 0) is 37.8 Å². The molecule has 0 aliphatic carbocycles. The highest BCUT2D eigenvalue weighted by atomic mass is 19.1. The zero-order valence-corrected chi connectivity index (χ0v) is 11.9. The molecule has 1 amide bonds. The molecule has 1 aromatic carbocycles. The number of nitriles is 1. The van der Waals surface area contributed by atoms with Crippen LogP contribution in [-0.4, -0.2) is 18.6 Å². The Hall–Kier alpha value is -1.93. The summed E-state index contributed by atoms with van der Waals surface area (Å²) in [6, 6.07) is 6.12. The fourth-order valence-corrected chi connectivity index (χ4v) is 2.37. The summed E-state index contributed by atoms with van der Waals surface area (Å²) in [6.07, 6.45) is 4.54. The van der Waals surface area contributed by atoms with E-state index in [0.717, 1.165) is 25.9 Å². The van der Waals surface area contributed by atoms with Crippen LogP contribution in [0.15, 0.2) is 18.2 Å². The minimum atomic E-state index is -0.468. The van der Waals surface area contributed by atoms with E-state index in [1.807, 2.05) is 6.07 Å². The normalized spacial score (nSPS) is 18.0. The van der Waals surface area contributed by atoms with Crippen LogP contribution < -0.4 is 5.32 Å². The second-order valence-electron chi connectivity index (χ2n) is 5.22. The lowest BCUT2D eigenvalue weighted by Crippen LogP contribution is -2.26. The predicted molar refractivity (Wildman–Crippen MR) is 75.8 cm³/mol. The quantitative estimate of drug-likeness (QED) is 0.907. The number of ether oxygens (including phenoxy) is 1. The lowest BCUT2D eigenvalue weighted by Gasteiger charge is -2.22. The molecule has 1 heterocycles. The number of carbonyl (C=O) groups is 1. The van der Waals surface area contributed by atoms with Gasteiger partial charge in [-0.15, -0.1) is 0 Å². The van der Waals surface area contributed by atoms with Crippen molar-refractivity contribution in [3.63, 3.8) is 0 Å². The van der Waals surface area contributed by atoms with Gasteiger partial charge in [0, 0.05) is 25.1 Å². The van der Waals surface area contributed by atoms with Gasteiger partial charge in [0.25, 0.3) is 0 Å². The summed E-state index contributed by atoms with van der Waals surface area (Å²) in [5, 5.41) is 11.4. The molecule has 0 radical (unpaired) electrons. The van der Waals surface area contributed by atoms with Crippen LogP contribution in [0, 0.1) is 17.1 Å². The fraction of sp³-hybridized carbons (Fsp3) is 0.500. The van der Waals surface area contributed by atoms with E-state index in [1.54, 1.807) is 6.07 Å². The first-order valence-corrected chi connectivity index (χ1v) is 7.26. The molecular formula is C16H19FN2O2. The maximum Gasteiger partial charge on any atom is 0.220 e. The Bertz CT molecular complexity index is 534. The molecule has 1 saturated heterocycles. The van der Waals surface area contributed by atoms with Crippen LogP contribution >= 0.6 is 0 Å². The van der Waals surface area contributed by atoms with Gasteiger partial charge in [0.2, 0.25) is 5.91 Å². The van der Waals surface area contributed by atoms with Crippen LogP contribution in [-0.2, 0) is 16.1 Å². The second-order valence-corrected chi connectivity index (χ2v) is 5.22. The van der Waals surface area contributed by atoms with Gasteiger partial charge in [-0.1, -0.05) is 6.07 Å². The fourth-order valence-electron chi connectivity index (χ4n) is 2.37. The smallest absolute Gasteiger partial charge is 0.220 e. The van der Waals surface area contributed by atoms with Crippen molar-refractivity contribution in [3.05, 3.63) is 35.1 Å². The topological polar surface area (TPSA) is 62.1 Å². The zero-order valence-electron chi connectivity index (χ0n) is 11.9. The van der Waals surface area contributed by atoms with Crippen LogP contribution in [0.4, 0.5) is 4.39 Å². The summed E-state index contributed by atoms with van der Waals surface area (Å²) in [7, 11) is 0. The molecule has 0 spiro atoms. The summed E-state index contributed by atoms with van der Waals surface area (Å²) >= 11 is 0. The van der Waals surface area contributed by atoms with Crippen molar-refractivity contribution >= 4 is 5.91 Å². The minimum absolute atomic E-state index is 0.104. The van der Waals surface area contributed by atoms with E-state index in [-0.39, 0.29) is 24.1 Å². The molecule has 4 nitrogen and oxygen atoms in total. The van der Waals surface area contributed by atoms with Crippen molar-refractivity contribution in [3.8, 4) is 6.07 Å². The molecule has 1 fully saturated rings. The molecule has 21 heavy (non-hydrogen) atoms. The van der Waals surface area contributed by atoms with Crippen molar-refractivity contribution in [2.24, 2.45) is 0 Å². The van der Waals surface area contributed by atoms with Crippen molar-refractivity contribution in [1.29, 1.82) is 5.26 Å². The molecule has 1 unspecified atom stereocenters. The summed E-state index contributed by atoms with van der Waals surface area (Å²) in [6.45, 7) is 0.921. The maximum absolute atomic E-state index is 13.6. The molecule has 1 aromatic rings. The van der Waals surface area contributed by atoms with Crippen molar-refractivity contribution in [2.45, 2.75) is 44.8 Å². The summed E-state index contributed by atoms with van der Waals surface area (Å²) in [5.74, 6) is -0.571. The van der Waals surface area contributed by atoms with Gasteiger partial charge in [0.1, 0.15) is 5.82 Å². The average Bonchev–Trinajstić information content (AvgIpc) is 2.52. The van der Waals surface area contributed by atoms with Crippen molar-refractivity contribution in [1.82, 2.24) is 5.32 Å². The highest BCUT2D eigenvalue weighted by Gasteiger charge is 2.15. The number of hydrogen-bond acceptors (Lipinski definition) is 3. The second kappa shape index (κ2) is 7.75. The highest BCUT2D eigenvalue weighted by molar-refractivity contribution is 5.75. The first kappa shape index (κ1) is 15.5. The van der Waals surface area contributed by atoms with E-state index in [4.69, 9.17) is 10.00 Å². The molecule has 2 rings (SSSR count). The van der Waals surface area contributed by atoms with Gasteiger partial charge >= 0.3 is 0 Å². The van der Waals surface area contributed by atoms with Gasteiger partial charge in [-0.25, -0.2) is 4.39 Å². The molecule has 1 atom stereocenters. The summed E-state index contributed by atoms with van der Waals surface area (Å²) in [4.78, 5) is 11.8. The van der Waals surface area contributed by atoms with Crippen LogP contribution in [0.2, 0.25) is 0 Å². The number of carbonyl (C=O) groups excluding carboxylic acids is 1. The molecule has 0 saturated carbocycles. The van der Waals surface area contributed by atoms with Gasteiger partial charge in [-0.2, -0.15) is 5.26 Å². The number of nitrogens with one attached hydrogen (secondary N) is 1. The largest absolute Gasteiger partial charge is 0.378 e. The van der Waals surface area contributed by atoms with E-state index in [9.17, 15) is 9.18 Å². The van der Waals surface area contributed by atoms with Crippen LogP contribution in [0.5, 0.6) is 0 Å². The SMILES string of the molecule is N#Cc1ccc(CNC(=O)CCC2CCCCO2)c(F)c1. The summed E-state index contributed by atoms with van der Waals surface area (Å²) < 4.78 is 19.2. The Morgan fingerprint density at radius 2 is 2.33 bits per heavy atom. The number of halogens is 1. The number of rotatable bonds is 5. The molecule has 0 aromatic heterocycles. The van der Waals surface area contributed by atoms with E-state index < -0.39 is 5.82 Å². The third kappa shape index (κ3) is 4.83. The predicted octanol–water partition coefficient (Wildman–Crippen LogP) is 2.66. The van der Waals surface area contributed by atoms with Gasteiger partial charge in [0.05, 0.1) is 17.7 Å². The Balaban J connectivity index is 1.74. The average molecular weight is 290 g/mol. The number of nitrogens with zero attached hydrogens (tertiary/aromatic N) is 1. The van der Waals surface area contributed by atoms with E-state index >= 15 is 0 Å². The zero-order chi connectivity index (χ0) is 15.1. The van der Waals surface area contributed by atoms with Gasteiger partial charge in [0.15, 0.2) is 0 Å². The minimum Gasteiger partial charge on any atom is -0.378 e. The lowest BCUT2D eigenvalue weighted by atomic mass is 10.0. The van der Waals surface area contributed by atoms with Gasteiger partial charge < -0.3 is 10.1 Å². The van der Waals surface area contributed by atoms with Crippen LogP contribution in [0.3, 0.4) is 0 Å². The highest BCUT2D eigenvalue weighted by Crippen LogP contribution is 2.17. The van der Waals surface area contributed by atoms with Crippen LogP contribution in [0.25, 0.3) is 0 Å². The maximum atomic E-state index is 13.6. The Kier molecular flexibility index (Phi) is 5.70. The van der Waals surface area contributed by atoms with E-state index in [1.165, 1.54) is 12.1 Å². The van der Waals surface area contributed by atoms with E-state index in [2.05, 4.69) is 5.32 Å². The molecule has 0 bridgehead atoms. The van der Waals surface area contributed by atoms with Crippen molar-refractivity contribution in [2.75, 3.05) is 6.61 Å². The third-order valence-corrected chi connectivity index (χ3v) is 3.63. The first-order chi connectivity index (χ1) is 10.2. The van der Waals surface area contributed by atoms with Gasteiger partial charge in [-0.3, -0.25) is 4.79 Å². The number of benzene rings is 1. The molecule has 112 valence electrons. The standard InChI is InChI=1S/C16H19FN2O2/c17-15-9-12(10-18)4-5-13(15)11-19-16(20)7-6-14-3-1-2-8-21-14/h4-5,9,14H,1-3,6-8,11H2,(H,19,20). The Labute approximate surface area is 123 Å². The first-order valence-electron chi connectivity index (χ1n) is 7.26. The lowest BCUT2D eigenvalue weighted by molar-refractivity contribution is -0.122. The molecule has 1 aliphatic heterocycles. The van der Waals surface area contributed by atoms with E-state index in [0.29, 0.717) is 18.4 Å². The Morgan fingerprint density at radius 3 is 3.00 bits per heavy atom. The van der Waals surface area contributed by atoms with Crippen LogP contribution in [0.1, 0.15) is 43.2 Å². The third-order valence-electron chi connectivity index (χ3n) is 3.63. The molecular weight excluding hydrogens is 271 g/mol. The molecule has 1 N–H and O–H groups in total. The Morgan fingerprint density at radius 1 is 1.48 bits per heavy atom. The molecule has 5 heteroatoms.